The summed E-state index contributed by atoms with van der Waals surface area (Å²) in [6, 6.07) is 10.7. The van der Waals surface area contributed by atoms with E-state index < -0.39 is 0 Å². The van der Waals surface area contributed by atoms with Crippen LogP contribution in [0.3, 0.4) is 0 Å². The molecule has 0 spiro atoms. The summed E-state index contributed by atoms with van der Waals surface area (Å²) in [6.07, 6.45) is 3.90. The number of hydrogen-bond donors (Lipinski definition) is 1. The molecule has 1 aliphatic rings. The Labute approximate surface area is 161 Å². The second-order valence-corrected chi connectivity index (χ2v) is 5.50. The zero-order chi connectivity index (χ0) is 20.2. The molecule has 0 radical (unpaired) electrons. The molecule has 0 aromatic heterocycles. The molecule has 1 aliphatic heterocycles. The van der Waals surface area contributed by atoms with Gasteiger partial charge in [0.1, 0.15) is 0 Å². The summed E-state index contributed by atoms with van der Waals surface area (Å²) in [5.41, 5.74) is 1.33. The maximum absolute atomic E-state index is 9.59. The first-order valence-corrected chi connectivity index (χ1v) is 10.1. The van der Waals surface area contributed by atoms with E-state index in [9.17, 15) is 4.79 Å². The number of rotatable bonds is 5. The molecule has 0 amide bonds. The van der Waals surface area contributed by atoms with Crippen molar-refractivity contribution in [2.45, 2.75) is 66.9 Å². The highest BCUT2D eigenvalue weighted by Crippen LogP contribution is 2.30. The van der Waals surface area contributed by atoms with Crippen LogP contribution in [0, 0.1) is 5.92 Å². The summed E-state index contributed by atoms with van der Waals surface area (Å²) in [7, 11) is 1.35. The molecule has 152 valence electrons. The third-order valence-corrected chi connectivity index (χ3v) is 3.68. The summed E-state index contributed by atoms with van der Waals surface area (Å²) in [4.78, 5) is 9.59. The number of ether oxygens (including phenoxy) is 2. The molecule has 4 heteroatoms. The SMILES string of the molecule is CC.CC.CCCO[C@@H](c1ccccc1)[C@@H]1CCCNC1.COC(C)=O. The zero-order valence-electron chi connectivity index (χ0n) is 18.0. The predicted molar refractivity (Wildman–Crippen MR) is 111 cm³/mol. The summed E-state index contributed by atoms with van der Waals surface area (Å²) < 4.78 is 10.2. The van der Waals surface area contributed by atoms with Crippen molar-refractivity contribution in [1.29, 1.82) is 0 Å². The minimum atomic E-state index is -0.245. The number of benzene rings is 1. The molecule has 1 N–H and O–H groups in total. The average Bonchev–Trinajstić information content (AvgIpc) is 2.73. The van der Waals surface area contributed by atoms with Gasteiger partial charge in [-0.15, -0.1) is 0 Å². The van der Waals surface area contributed by atoms with Gasteiger partial charge in [0, 0.05) is 26.0 Å². The molecule has 1 heterocycles. The molecular weight excluding hydrogens is 326 g/mol. The van der Waals surface area contributed by atoms with Crippen molar-refractivity contribution in [3.05, 3.63) is 35.9 Å². The Balaban J connectivity index is 0. The Morgan fingerprint density at radius 2 is 1.77 bits per heavy atom. The molecule has 26 heavy (non-hydrogen) atoms. The molecule has 1 saturated heterocycles. The maximum Gasteiger partial charge on any atom is 0.302 e. The lowest BCUT2D eigenvalue weighted by molar-refractivity contribution is -0.137. The van der Waals surface area contributed by atoms with Crippen LogP contribution >= 0.6 is 0 Å². The van der Waals surface area contributed by atoms with Crippen LogP contribution in [-0.4, -0.2) is 32.8 Å². The minimum absolute atomic E-state index is 0.245. The second-order valence-electron chi connectivity index (χ2n) is 5.50. The number of carbonyl (C=O) groups is 1. The molecule has 0 aliphatic carbocycles. The van der Waals surface area contributed by atoms with Crippen LogP contribution in [0.5, 0.6) is 0 Å². The largest absolute Gasteiger partial charge is 0.469 e. The Morgan fingerprint density at radius 3 is 2.19 bits per heavy atom. The predicted octanol–water partition coefficient (Wildman–Crippen LogP) is 5.39. The van der Waals surface area contributed by atoms with Gasteiger partial charge >= 0.3 is 5.97 Å². The summed E-state index contributed by atoms with van der Waals surface area (Å²) in [5.74, 6) is 0.377. The number of methoxy groups -OCH3 is 1. The summed E-state index contributed by atoms with van der Waals surface area (Å²) in [5, 5.41) is 3.48. The molecule has 1 aromatic rings. The normalized spacial score (nSPS) is 16.3. The van der Waals surface area contributed by atoms with E-state index in [0.29, 0.717) is 5.92 Å². The van der Waals surface area contributed by atoms with E-state index in [0.717, 1.165) is 26.1 Å². The molecule has 1 fully saturated rings. The first kappa shape index (κ1) is 26.8. The van der Waals surface area contributed by atoms with Crippen LogP contribution in [0.25, 0.3) is 0 Å². The number of esters is 1. The van der Waals surface area contributed by atoms with Gasteiger partial charge in [0.15, 0.2) is 0 Å². The van der Waals surface area contributed by atoms with Crippen LogP contribution in [0.15, 0.2) is 30.3 Å². The lowest BCUT2D eigenvalue weighted by Crippen LogP contribution is -2.34. The molecule has 0 bridgehead atoms. The average molecular weight is 368 g/mol. The topological polar surface area (TPSA) is 47.6 Å². The van der Waals surface area contributed by atoms with E-state index >= 15 is 0 Å². The van der Waals surface area contributed by atoms with E-state index in [-0.39, 0.29) is 12.1 Å². The molecule has 4 nitrogen and oxygen atoms in total. The smallest absolute Gasteiger partial charge is 0.302 e. The van der Waals surface area contributed by atoms with E-state index in [1.807, 2.05) is 27.7 Å². The first-order valence-electron chi connectivity index (χ1n) is 10.1. The Morgan fingerprint density at radius 1 is 1.19 bits per heavy atom. The van der Waals surface area contributed by atoms with Gasteiger partial charge in [0.25, 0.3) is 0 Å². The van der Waals surface area contributed by atoms with Crippen molar-refractivity contribution in [3.8, 4) is 0 Å². The van der Waals surface area contributed by atoms with E-state index in [4.69, 9.17) is 4.74 Å². The summed E-state index contributed by atoms with van der Waals surface area (Å²) in [6.45, 7) is 14.6. The van der Waals surface area contributed by atoms with E-state index in [1.165, 1.54) is 32.4 Å². The standard InChI is InChI=1S/C15H23NO.C3H6O2.2C2H6/c1-2-11-17-15(13-7-4-3-5-8-13)14-9-6-10-16-12-14;1-3(4)5-2;2*1-2/h3-5,7-8,14-16H,2,6,9-12H2,1H3;1-2H3;2*1-2H3/t14-,15+;;;/m1.../s1. The number of hydrogen-bond acceptors (Lipinski definition) is 4. The van der Waals surface area contributed by atoms with Gasteiger partial charge in [0.2, 0.25) is 0 Å². The van der Waals surface area contributed by atoms with E-state index in [2.05, 4.69) is 47.3 Å². The molecule has 0 unspecified atom stereocenters. The minimum Gasteiger partial charge on any atom is -0.469 e. The van der Waals surface area contributed by atoms with Crippen molar-refractivity contribution < 1.29 is 14.3 Å². The fourth-order valence-corrected chi connectivity index (χ4v) is 2.53. The fraction of sp³-hybridized carbons (Fsp3) is 0.682. The van der Waals surface area contributed by atoms with E-state index in [1.54, 1.807) is 0 Å². The highest BCUT2D eigenvalue weighted by atomic mass is 16.5. The monoisotopic (exact) mass is 367 g/mol. The van der Waals surface area contributed by atoms with Gasteiger partial charge in [-0.2, -0.15) is 0 Å². The third-order valence-electron chi connectivity index (χ3n) is 3.68. The lowest BCUT2D eigenvalue weighted by Gasteiger charge is -2.31. The van der Waals surface area contributed by atoms with Gasteiger partial charge in [0.05, 0.1) is 13.2 Å². The van der Waals surface area contributed by atoms with Crippen LogP contribution in [-0.2, 0) is 14.3 Å². The van der Waals surface area contributed by atoms with Crippen LogP contribution < -0.4 is 5.32 Å². The van der Waals surface area contributed by atoms with Crippen molar-refractivity contribution in [2.75, 3.05) is 26.8 Å². The highest BCUT2D eigenvalue weighted by molar-refractivity contribution is 5.65. The molecule has 2 atom stereocenters. The van der Waals surface area contributed by atoms with Crippen molar-refractivity contribution in [2.24, 2.45) is 5.92 Å². The van der Waals surface area contributed by atoms with Crippen LogP contribution in [0.2, 0.25) is 0 Å². The highest BCUT2D eigenvalue weighted by Gasteiger charge is 2.25. The van der Waals surface area contributed by atoms with Gasteiger partial charge < -0.3 is 14.8 Å². The Kier molecular flexibility index (Phi) is 20.6. The van der Waals surface area contributed by atoms with Crippen LogP contribution in [0.1, 0.15) is 72.5 Å². The Bertz CT molecular complexity index is 403. The fourth-order valence-electron chi connectivity index (χ4n) is 2.53. The second kappa shape index (κ2) is 19.9. The van der Waals surface area contributed by atoms with Crippen molar-refractivity contribution in [1.82, 2.24) is 5.32 Å². The molecule has 0 saturated carbocycles. The molecule has 1 aromatic carbocycles. The summed E-state index contributed by atoms with van der Waals surface area (Å²) >= 11 is 0. The van der Waals surface area contributed by atoms with Crippen molar-refractivity contribution >= 4 is 5.97 Å². The zero-order valence-corrected chi connectivity index (χ0v) is 18.0. The van der Waals surface area contributed by atoms with Crippen molar-refractivity contribution in [3.63, 3.8) is 0 Å². The van der Waals surface area contributed by atoms with Gasteiger partial charge in [-0.1, -0.05) is 65.0 Å². The molecule has 2 rings (SSSR count). The van der Waals surface area contributed by atoms with Gasteiger partial charge in [-0.3, -0.25) is 4.79 Å². The van der Waals surface area contributed by atoms with Gasteiger partial charge in [-0.05, 0) is 31.4 Å². The Hall–Kier alpha value is -1.39. The lowest BCUT2D eigenvalue weighted by atomic mass is 9.89. The molecular formula is C22H41NO3. The number of carbonyl (C=O) groups excluding carboxylic acids is 1. The quantitative estimate of drug-likeness (QED) is 0.709. The first-order chi connectivity index (χ1) is 12.7. The number of piperidine rings is 1. The third kappa shape index (κ3) is 12.9. The van der Waals surface area contributed by atoms with Gasteiger partial charge in [-0.25, -0.2) is 0 Å². The van der Waals surface area contributed by atoms with Crippen LogP contribution in [0.4, 0.5) is 0 Å². The maximum atomic E-state index is 9.59. The number of nitrogens with one attached hydrogen (secondary N) is 1.